The monoisotopic (exact) mass is 319 g/mol. The van der Waals surface area contributed by atoms with Gasteiger partial charge in [-0.1, -0.05) is 31.9 Å². The minimum atomic E-state index is 0.122. The topological polar surface area (TPSA) is 43.1 Å². The molecule has 0 atom stereocenters. The predicted molar refractivity (Wildman–Crippen MR) is 66.2 cm³/mol. The smallest absolute Gasteiger partial charge is 0.163 e. The molecule has 1 aromatic carbocycles. The fourth-order valence-corrected chi connectivity index (χ4v) is 1.87. The number of alkyl halides is 2. The van der Waals surface area contributed by atoms with Crippen molar-refractivity contribution in [3.63, 3.8) is 0 Å². The molecule has 4 heteroatoms. The third-order valence-electron chi connectivity index (χ3n) is 1.81. The zero-order chi connectivity index (χ0) is 10.6. The average molecular weight is 321 g/mol. The molecule has 2 N–H and O–H groups in total. The van der Waals surface area contributed by atoms with Gasteiger partial charge in [0.25, 0.3) is 0 Å². The molecule has 0 aliphatic carbocycles. The number of carbonyl (C=O) groups excluding carboxylic acids is 1. The Bertz CT molecular complexity index is 339. The van der Waals surface area contributed by atoms with Gasteiger partial charge in [0, 0.05) is 28.3 Å². The molecule has 14 heavy (non-hydrogen) atoms. The van der Waals surface area contributed by atoms with Crippen molar-refractivity contribution >= 4 is 43.3 Å². The highest BCUT2D eigenvalue weighted by atomic mass is 79.9. The van der Waals surface area contributed by atoms with Crippen molar-refractivity contribution < 1.29 is 4.79 Å². The van der Waals surface area contributed by atoms with Crippen LogP contribution in [0.25, 0.3) is 0 Å². The van der Waals surface area contributed by atoms with E-state index >= 15 is 0 Å². The van der Waals surface area contributed by atoms with Crippen LogP contribution in [0, 0.1) is 0 Å². The summed E-state index contributed by atoms with van der Waals surface area (Å²) in [4.78, 5) is 11.6. The molecule has 0 aromatic heterocycles. The van der Waals surface area contributed by atoms with E-state index in [0.717, 1.165) is 5.56 Å². The van der Waals surface area contributed by atoms with E-state index in [2.05, 4.69) is 31.9 Å². The SMILES string of the molecule is Nc1cc(CBr)cc(C(=O)CCBr)c1. The Hall–Kier alpha value is -0.350. The van der Waals surface area contributed by atoms with Crippen molar-refractivity contribution in [3.05, 3.63) is 29.3 Å². The number of nitrogen functional groups attached to an aromatic ring is 1. The van der Waals surface area contributed by atoms with E-state index in [-0.39, 0.29) is 5.78 Å². The lowest BCUT2D eigenvalue weighted by Crippen LogP contribution is -2.01. The van der Waals surface area contributed by atoms with Crippen LogP contribution in [0.15, 0.2) is 18.2 Å². The highest BCUT2D eigenvalue weighted by Crippen LogP contribution is 2.16. The van der Waals surface area contributed by atoms with Crippen LogP contribution in [0.3, 0.4) is 0 Å². The van der Waals surface area contributed by atoms with Crippen LogP contribution < -0.4 is 5.73 Å². The number of hydrogen-bond donors (Lipinski definition) is 1. The molecule has 0 aliphatic rings. The van der Waals surface area contributed by atoms with Gasteiger partial charge in [0.2, 0.25) is 0 Å². The molecule has 0 bridgehead atoms. The summed E-state index contributed by atoms with van der Waals surface area (Å²) in [5.41, 5.74) is 8.05. The molecular formula is C10H11Br2NO. The first-order chi connectivity index (χ1) is 6.67. The largest absolute Gasteiger partial charge is 0.399 e. The van der Waals surface area contributed by atoms with Crippen LogP contribution in [0.1, 0.15) is 22.3 Å². The van der Waals surface area contributed by atoms with Crippen LogP contribution in [-0.2, 0) is 5.33 Å². The highest BCUT2D eigenvalue weighted by Gasteiger charge is 2.06. The molecule has 0 saturated carbocycles. The second-order valence-electron chi connectivity index (χ2n) is 2.96. The van der Waals surface area contributed by atoms with E-state index in [4.69, 9.17) is 5.73 Å². The van der Waals surface area contributed by atoms with Gasteiger partial charge in [0.05, 0.1) is 0 Å². The third kappa shape index (κ3) is 3.10. The molecule has 0 heterocycles. The van der Waals surface area contributed by atoms with Crippen molar-refractivity contribution in [2.75, 3.05) is 11.1 Å². The maximum atomic E-state index is 11.6. The number of Topliss-reactive ketones (excluding diaryl/α,β-unsaturated/α-hetero) is 1. The summed E-state index contributed by atoms with van der Waals surface area (Å²) in [5, 5.41) is 1.40. The number of halogens is 2. The molecular weight excluding hydrogens is 310 g/mol. The van der Waals surface area contributed by atoms with E-state index in [0.29, 0.717) is 28.3 Å². The molecule has 0 spiro atoms. The molecule has 0 radical (unpaired) electrons. The fraction of sp³-hybridized carbons (Fsp3) is 0.300. The number of rotatable bonds is 4. The van der Waals surface area contributed by atoms with Crippen LogP contribution in [0.2, 0.25) is 0 Å². The minimum Gasteiger partial charge on any atom is -0.399 e. The second kappa shape index (κ2) is 5.51. The zero-order valence-electron chi connectivity index (χ0n) is 7.59. The lowest BCUT2D eigenvalue weighted by molar-refractivity contribution is 0.0990. The summed E-state index contributed by atoms with van der Waals surface area (Å²) in [6.07, 6.45) is 0.505. The summed E-state index contributed by atoms with van der Waals surface area (Å²) in [5.74, 6) is 0.122. The van der Waals surface area contributed by atoms with Crippen molar-refractivity contribution in [3.8, 4) is 0 Å². The Labute approximate surface area is 100 Å². The summed E-state index contributed by atoms with van der Waals surface area (Å²) in [7, 11) is 0. The van der Waals surface area contributed by atoms with Crippen LogP contribution in [0.4, 0.5) is 5.69 Å². The number of benzene rings is 1. The molecule has 2 nitrogen and oxygen atoms in total. The molecule has 0 saturated heterocycles. The summed E-state index contributed by atoms with van der Waals surface area (Å²) >= 11 is 6.58. The molecule has 0 fully saturated rings. The first-order valence-corrected chi connectivity index (χ1v) is 6.46. The summed E-state index contributed by atoms with van der Waals surface area (Å²) in [6.45, 7) is 0. The lowest BCUT2D eigenvalue weighted by Gasteiger charge is -2.03. The number of nitrogens with two attached hydrogens (primary N) is 1. The van der Waals surface area contributed by atoms with Crippen LogP contribution in [0.5, 0.6) is 0 Å². The van der Waals surface area contributed by atoms with Gasteiger partial charge < -0.3 is 5.73 Å². The van der Waals surface area contributed by atoms with E-state index < -0.39 is 0 Å². The Balaban J connectivity index is 2.96. The van der Waals surface area contributed by atoms with Gasteiger partial charge in [0.1, 0.15) is 0 Å². The van der Waals surface area contributed by atoms with E-state index in [9.17, 15) is 4.79 Å². The highest BCUT2D eigenvalue weighted by molar-refractivity contribution is 9.09. The van der Waals surface area contributed by atoms with Gasteiger partial charge in [-0.15, -0.1) is 0 Å². The lowest BCUT2D eigenvalue weighted by atomic mass is 10.1. The van der Waals surface area contributed by atoms with Crippen molar-refractivity contribution in [2.45, 2.75) is 11.8 Å². The van der Waals surface area contributed by atoms with Gasteiger partial charge in [-0.3, -0.25) is 4.79 Å². The molecule has 0 aliphatic heterocycles. The van der Waals surface area contributed by atoms with Gasteiger partial charge >= 0.3 is 0 Å². The number of anilines is 1. The Morgan fingerprint density at radius 1 is 1.29 bits per heavy atom. The van der Waals surface area contributed by atoms with Gasteiger partial charge in [-0.2, -0.15) is 0 Å². The molecule has 0 amide bonds. The summed E-state index contributed by atoms with van der Waals surface area (Å²) in [6, 6.07) is 5.45. The summed E-state index contributed by atoms with van der Waals surface area (Å²) < 4.78 is 0. The number of carbonyl (C=O) groups is 1. The third-order valence-corrected chi connectivity index (χ3v) is 2.86. The standard InChI is InChI=1S/C10H11Br2NO/c11-2-1-10(14)8-3-7(6-12)4-9(13)5-8/h3-5H,1-2,6,13H2. The van der Waals surface area contributed by atoms with Crippen molar-refractivity contribution in [1.82, 2.24) is 0 Å². The molecule has 1 rings (SSSR count). The normalized spacial score (nSPS) is 10.1. The number of hydrogen-bond acceptors (Lipinski definition) is 2. The molecule has 0 unspecified atom stereocenters. The Kier molecular flexibility index (Phi) is 4.62. The Morgan fingerprint density at radius 2 is 2.00 bits per heavy atom. The van der Waals surface area contributed by atoms with Gasteiger partial charge in [-0.05, 0) is 23.8 Å². The first-order valence-electron chi connectivity index (χ1n) is 4.22. The van der Waals surface area contributed by atoms with Crippen molar-refractivity contribution in [2.24, 2.45) is 0 Å². The zero-order valence-corrected chi connectivity index (χ0v) is 10.8. The first kappa shape index (κ1) is 11.7. The van der Waals surface area contributed by atoms with Gasteiger partial charge in [0.15, 0.2) is 5.78 Å². The molecule has 1 aromatic rings. The van der Waals surface area contributed by atoms with Crippen LogP contribution in [-0.4, -0.2) is 11.1 Å². The van der Waals surface area contributed by atoms with Crippen LogP contribution >= 0.6 is 31.9 Å². The second-order valence-corrected chi connectivity index (χ2v) is 4.31. The Morgan fingerprint density at radius 3 is 2.57 bits per heavy atom. The van der Waals surface area contributed by atoms with E-state index in [1.807, 2.05) is 12.1 Å². The quantitative estimate of drug-likeness (QED) is 0.526. The maximum Gasteiger partial charge on any atom is 0.163 e. The van der Waals surface area contributed by atoms with E-state index in [1.165, 1.54) is 0 Å². The average Bonchev–Trinajstić information content (AvgIpc) is 2.17. The van der Waals surface area contributed by atoms with Gasteiger partial charge in [-0.25, -0.2) is 0 Å². The maximum absolute atomic E-state index is 11.6. The number of ketones is 1. The fourth-order valence-electron chi connectivity index (χ4n) is 1.19. The van der Waals surface area contributed by atoms with E-state index in [1.54, 1.807) is 6.07 Å². The van der Waals surface area contributed by atoms with Crippen molar-refractivity contribution in [1.29, 1.82) is 0 Å². The molecule has 76 valence electrons. The predicted octanol–water partition coefficient (Wildman–Crippen LogP) is 3.13. The minimum absolute atomic E-state index is 0.122.